The molecule has 4 nitrogen and oxygen atoms in total. The fraction of sp³-hybridized carbons (Fsp3) is 0.800. The number of hydrogen-bond acceptors (Lipinski definition) is 3. The van der Waals surface area contributed by atoms with E-state index in [2.05, 4.69) is 10.6 Å². The van der Waals surface area contributed by atoms with Crippen molar-refractivity contribution in [3.63, 3.8) is 0 Å². The molecule has 1 saturated carbocycles. The minimum atomic E-state index is -0.185. The summed E-state index contributed by atoms with van der Waals surface area (Å²) >= 11 is 0. The zero-order chi connectivity index (χ0) is 9.81. The van der Waals surface area contributed by atoms with Gasteiger partial charge in [0.25, 0.3) is 0 Å². The average molecular weight is 194 g/mol. The zero-order valence-electron chi connectivity index (χ0n) is 8.06. The van der Waals surface area contributed by atoms with Gasteiger partial charge in [-0.25, -0.2) is 0 Å². The van der Waals surface area contributed by atoms with Crippen LogP contribution in [0.2, 0.25) is 0 Å². The van der Waals surface area contributed by atoms with Crippen LogP contribution in [-0.4, -0.2) is 24.9 Å². The first-order chi connectivity index (χ1) is 6.64. The van der Waals surface area contributed by atoms with Gasteiger partial charge >= 0.3 is 0 Å². The molecule has 3 rings (SSSR count). The van der Waals surface area contributed by atoms with E-state index < -0.39 is 0 Å². The number of carbonyl (C=O) groups excluding carboxylic acids is 2. The Bertz CT molecular complexity index is 312. The van der Waals surface area contributed by atoms with E-state index in [-0.39, 0.29) is 17.2 Å². The van der Waals surface area contributed by atoms with Gasteiger partial charge in [-0.3, -0.25) is 14.9 Å². The Morgan fingerprint density at radius 2 is 1.86 bits per heavy atom. The van der Waals surface area contributed by atoms with Gasteiger partial charge < -0.3 is 5.32 Å². The first kappa shape index (κ1) is 8.41. The number of piperidine rings is 1. The lowest BCUT2D eigenvalue weighted by molar-refractivity contribution is -0.161. The lowest BCUT2D eigenvalue weighted by Crippen LogP contribution is -2.68. The third kappa shape index (κ3) is 0.919. The van der Waals surface area contributed by atoms with E-state index >= 15 is 0 Å². The summed E-state index contributed by atoms with van der Waals surface area (Å²) in [6.45, 7) is 2.10. The van der Waals surface area contributed by atoms with E-state index in [0.29, 0.717) is 11.8 Å². The molecule has 2 heterocycles. The van der Waals surface area contributed by atoms with Gasteiger partial charge in [0.05, 0.1) is 5.41 Å². The first-order valence-corrected chi connectivity index (χ1v) is 5.19. The molecule has 76 valence electrons. The second kappa shape index (κ2) is 2.37. The van der Waals surface area contributed by atoms with Crippen molar-refractivity contribution in [3.8, 4) is 0 Å². The number of imide groups is 1. The van der Waals surface area contributed by atoms with Crippen molar-refractivity contribution in [1.29, 1.82) is 0 Å². The lowest BCUT2D eigenvalue weighted by Gasteiger charge is -2.61. The Hall–Kier alpha value is -0.900. The summed E-state index contributed by atoms with van der Waals surface area (Å²) in [4.78, 5) is 22.7. The van der Waals surface area contributed by atoms with E-state index in [1.54, 1.807) is 0 Å². The standard InChI is InChI=1S/C10H14N2O2/c13-7-1-2-10(8(14)12-7)3-9(4-10)5-11-6-9/h11H,1-6H2,(H,12,13,14). The van der Waals surface area contributed by atoms with E-state index in [1.807, 2.05) is 0 Å². The summed E-state index contributed by atoms with van der Waals surface area (Å²) in [5.41, 5.74) is 0.216. The van der Waals surface area contributed by atoms with E-state index in [4.69, 9.17) is 0 Å². The molecule has 2 amide bonds. The van der Waals surface area contributed by atoms with Gasteiger partial charge in [-0.15, -0.1) is 0 Å². The highest BCUT2D eigenvalue weighted by molar-refractivity contribution is 6.01. The molecule has 2 N–H and O–H groups in total. The lowest BCUT2D eigenvalue weighted by atomic mass is 9.48. The fourth-order valence-electron chi connectivity index (χ4n) is 3.24. The Morgan fingerprint density at radius 3 is 2.36 bits per heavy atom. The number of hydrogen-bond donors (Lipinski definition) is 2. The number of rotatable bonds is 0. The van der Waals surface area contributed by atoms with Gasteiger partial charge in [0, 0.05) is 19.5 Å². The van der Waals surface area contributed by atoms with Crippen LogP contribution in [0.3, 0.4) is 0 Å². The van der Waals surface area contributed by atoms with Crippen LogP contribution in [0.15, 0.2) is 0 Å². The van der Waals surface area contributed by atoms with E-state index in [9.17, 15) is 9.59 Å². The average Bonchev–Trinajstić information content (AvgIpc) is 1.98. The topological polar surface area (TPSA) is 58.2 Å². The quantitative estimate of drug-likeness (QED) is 0.525. The Morgan fingerprint density at radius 1 is 1.14 bits per heavy atom. The summed E-state index contributed by atoms with van der Waals surface area (Å²) in [6, 6.07) is 0. The predicted molar refractivity (Wildman–Crippen MR) is 49.4 cm³/mol. The molecule has 1 aliphatic carbocycles. The minimum absolute atomic E-state index is 0.0220. The molecule has 0 aromatic heterocycles. The summed E-state index contributed by atoms with van der Waals surface area (Å²) in [6.07, 6.45) is 3.24. The molecule has 14 heavy (non-hydrogen) atoms. The molecule has 0 aromatic carbocycles. The van der Waals surface area contributed by atoms with Crippen molar-refractivity contribution >= 4 is 11.8 Å². The summed E-state index contributed by atoms with van der Waals surface area (Å²) in [5.74, 6) is -0.125. The molecule has 0 unspecified atom stereocenters. The summed E-state index contributed by atoms with van der Waals surface area (Å²) in [7, 11) is 0. The van der Waals surface area contributed by atoms with Crippen LogP contribution in [0.25, 0.3) is 0 Å². The molecule has 3 aliphatic rings. The van der Waals surface area contributed by atoms with Gasteiger partial charge in [-0.05, 0) is 24.7 Å². The maximum Gasteiger partial charge on any atom is 0.232 e. The monoisotopic (exact) mass is 194 g/mol. The Kier molecular flexibility index (Phi) is 1.42. The van der Waals surface area contributed by atoms with Gasteiger partial charge in [-0.2, -0.15) is 0 Å². The Balaban J connectivity index is 1.74. The van der Waals surface area contributed by atoms with Crippen molar-refractivity contribution < 1.29 is 9.59 Å². The number of nitrogens with one attached hydrogen (secondary N) is 2. The first-order valence-electron chi connectivity index (χ1n) is 5.19. The van der Waals surface area contributed by atoms with E-state index in [1.165, 1.54) is 0 Å². The molecular formula is C10H14N2O2. The highest BCUT2D eigenvalue weighted by atomic mass is 16.2. The van der Waals surface area contributed by atoms with Gasteiger partial charge in [0.1, 0.15) is 0 Å². The van der Waals surface area contributed by atoms with Crippen molar-refractivity contribution in [2.24, 2.45) is 10.8 Å². The van der Waals surface area contributed by atoms with Gasteiger partial charge in [0.2, 0.25) is 11.8 Å². The summed E-state index contributed by atoms with van der Waals surface area (Å²) in [5, 5.41) is 5.71. The normalized spacial score (nSPS) is 32.3. The molecule has 2 saturated heterocycles. The molecule has 0 aromatic rings. The molecular weight excluding hydrogens is 180 g/mol. The van der Waals surface area contributed by atoms with Crippen LogP contribution < -0.4 is 10.6 Å². The molecule has 0 radical (unpaired) electrons. The summed E-state index contributed by atoms with van der Waals surface area (Å²) < 4.78 is 0. The Labute approximate surface area is 82.4 Å². The molecule has 0 bridgehead atoms. The second-order valence-corrected chi connectivity index (χ2v) is 5.11. The maximum atomic E-state index is 11.7. The molecule has 0 atom stereocenters. The predicted octanol–water partition coefficient (Wildman–Crippen LogP) is -0.207. The third-order valence-corrected chi connectivity index (χ3v) is 3.99. The molecule has 4 heteroatoms. The van der Waals surface area contributed by atoms with E-state index in [0.717, 1.165) is 32.4 Å². The highest BCUT2D eigenvalue weighted by Gasteiger charge is 2.61. The molecule has 3 fully saturated rings. The number of amides is 2. The van der Waals surface area contributed by atoms with Crippen molar-refractivity contribution in [2.75, 3.05) is 13.1 Å². The maximum absolute atomic E-state index is 11.7. The smallest absolute Gasteiger partial charge is 0.232 e. The zero-order valence-corrected chi connectivity index (χ0v) is 8.06. The highest BCUT2D eigenvalue weighted by Crippen LogP contribution is 2.59. The van der Waals surface area contributed by atoms with Crippen LogP contribution in [0, 0.1) is 10.8 Å². The fourth-order valence-corrected chi connectivity index (χ4v) is 3.24. The van der Waals surface area contributed by atoms with Crippen LogP contribution in [0.4, 0.5) is 0 Å². The van der Waals surface area contributed by atoms with Crippen molar-refractivity contribution in [3.05, 3.63) is 0 Å². The van der Waals surface area contributed by atoms with Crippen LogP contribution in [0.5, 0.6) is 0 Å². The second-order valence-electron chi connectivity index (χ2n) is 5.11. The SMILES string of the molecule is O=C1CCC2(CC3(CNC3)C2)C(=O)N1. The van der Waals surface area contributed by atoms with Gasteiger partial charge in [0.15, 0.2) is 0 Å². The van der Waals surface area contributed by atoms with Gasteiger partial charge in [-0.1, -0.05) is 0 Å². The van der Waals surface area contributed by atoms with Crippen LogP contribution >= 0.6 is 0 Å². The third-order valence-electron chi connectivity index (χ3n) is 3.99. The molecule has 2 aliphatic heterocycles. The van der Waals surface area contributed by atoms with Crippen molar-refractivity contribution in [2.45, 2.75) is 25.7 Å². The van der Waals surface area contributed by atoms with Crippen LogP contribution in [0.1, 0.15) is 25.7 Å². The molecule has 2 spiro atoms. The minimum Gasteiger partial charge on any atom is -0.316 e. The van der Waals surface area contributed by atoms with Crippen molar-refractivity contribution in [1.82, 2.24) is 10.6 Å². The van der Waals surface area contributed by atoms with Crippen LogP contribution in [-0.2, 0) is 9.59 Å². The number of carbonyl (C=O) groups is 2. The largest absolute Gasteiger partial charge is 0.316 e.